The molecule has 0 saturated carbocycles. The fourth-order valence-corrected chi connectivity index (χ4v) is 4.25. The van der Waals surface area contributed by atoms with Crippen molar-refractivity contribution in [2.75, 3.05) is 10.6 Å². The van der Waals surface area contributed by atoms with E-state index in [1.165, 1.54) is 4.68 Å². The SMILES string of the molecule is Cc1ccc(-c2cn(/N=C/c3ccc(Cl)cc3Cl)c(NC(=O)Nc3ccccc3Cl)n2)s1. The third-order valence-corrected chi connectivity index (χ3v) is 6.23. The molecule has 0 unspecified atom stereocenters. The van der Waals surface area contributed by atoms with Crippen molar-refractivity contribution in [2.24, 2.45) is 5.10 Å². The molecule has 0 bridgehead atoms. The summed E-state index contributed by atoms with van der Waals surface area (Å²) in [6.45, 7) is 2.02. The molecule has 2 amide bonds. The van der Waals surface area contributed by atoms with Gasteiger partial charge >= 0.3 is 6.03 Å². The highest BCUT2D eigenvalue weighted by molar-refractivity contribution is 7.15. The second-order valence-electron chi connectivity index (χ2n) is 6.67. The van der Waals surface area contributed by atoms with E-state index in [1.807, 2.05) is 19.1 Å². The number of halogens is 3. The number of rotatable bonds is 5. The van der Waals surface area contributed by atoms with Gasteiger partial charge in [0.25, 0.3) is 0 Å². The molecular weight excluding hydrogens is 489 g/mol. The van der Waals surface area contributed by atoms with Gasteiger partial charge in [-0.3, -0.25) is 5.32 Å². The molecule has 10 heteroatoms. The Morgan fingerprint density at radius 3 is 2.59 bits per heavy atom. The van der Waals surface area contributed by atoms with Gasteiger partial charge in [-0.2, -0.15) is 5.10 Å². The molecule has 0 saturated heterocycles. The number of nitrogens with zero attached hydrogens (tertiary/aromatic N) is 3. The minimum atomic E-state index is -0.501. The van der Waals surface area contributed by atoms with E-state index < -0.39 is 6.03 Å². The number of carbonyl (C=O) groups is 1. The van der Waals surface area contributed by atoms with Gasteiger partial charge in [0.1, 0.15) is 5.69 Å². The van der Waals surface area contributed by atoms with E-state index in [2.05, 4.69) is 20.7 Å². The molecule has 6 nitrogen and oxygen atoms in total. The van der Waals surface area contributed by atoms with Crippen molar-refractivity contribution < 1.29 is 4.79 Å². The van der Waals surface area contributed by atoms with Crippen LogP contribution in [0.5, 0.6) is 0 Å². The molecule has 4 rings (SSSR count). The van der Waals surface area contributed by atoms with Crippen molar-refractivity contribution in [3.8, 4) is 10.6 Å². The zero-order valence-corrected chi connectivity index (χ0v) is 19.7. The summed E-state index contributed by atoms with van der Waals surface area (Å²) in [5.74, 6) is 0.233. The van der Waals surface area contributed by atoms with Crippen LogP contribution >= 0.6 is 46.1 Å². The van der Waals surface area contributed by atoms with Crippen molar-refractivity contribution in [2.45, 2.75) is 6.92 Å². The maximum Gasteiger partial charge on any atom is 0.326 e. The van der Waals surface area contributed by atoms with Gasteiger partial charge in [-0.25, -0.2) is 14.5 Å². The van der Waals surface area contributed by atoms with Crippen LogP contribution in [0.25, 0.3) is 10.6 Å². The smallest absolute Gasteiger partial charge is 0.306 e. The second kappa shape index (κ2) is 9.75. The van der Waals surface area contributed by atoms with Crippen molar-refractivity contribution in [1.29, 1.82) is 0 Å². The van der Waals surface area contributed by atoms with Crippen molar-refractivity contribution in [3.05, 3.63) is 86.3 Å². The van der Waals surface area contributed by atoms with Crippen LogP contribution in [-0.2, 0) is 0 Å². The number of urea groups is 1. The second-order valence-corrected chi connectivity index (χ2v) is 9.21. The Morgan fingerprint density at radius 2 is 1.88 bits per heavy atom. The van der Waals surface area contributed by atoms with E-state index in [1.54, 1.807) is 66.2 Å². The van der Waals surface area contributed by atoms with Gasteiger partial charge < -0.3 is 5.32 Å². The summed E-state index contributed by atoms with van der Waals surface area (Å²) in [7, 11) is 0. The van der Waals surface area contributed by atoms with Crippen LogP contribution in [0.3, 0.4) is 0 Å². The number of aryl methyl sites for hydroxylation is 1. The lowest BCUT2D eigenvalue weighted by Gasteiger charge is -2.08. The molecule has 0 atom stereocenters. The van der Waals surface area contributed by atoms with Crippen LogP contribution in [0, 0.1) is 6.92 Å². The van der Waals surface area contributed by atoms with Crippen molar-refractivity contribution in [3.63, 3.8) is 0 Å². The zero-order chi connectivity index (χ0) is 22.7. The number of para-hydroxylation sites is 1. The van der Waals surface area contributed by atoms with Crippen molar-refractivity contribution in [1.82, 2.24) is 9.66 Å². The molecule has 32 heavy (non-hydrogen) atoms. The summed E-state index contributed by atoms with van der Waals surface area (Å²) in [6.07, 6.45) is 3.30. The quantitative estimate of drug-likeness (QED) is 0.278. The number of nitrogens with one attached hydrogen (secondary N) is 2. The number of carbonyl (C=O) groups excluding carboxylic acids is 1. The number of hydrogen-bond acceptors (Lipinski definition) is 4. The molecule has 2 heterocycles. The molecule has 0 fully saturated rings. The third-order valence-electron chi connectivity index (χ3n) is 4.31. The average Bonchev–Trinajstić information content (AvgIpc) is 3.35. The lowest BCUT2D eigenvalue weighted by molar-refractivity contribution is 0.262. The van der Waals surface area contributed by atoms with Gasteiger partial charge in [0.15, 0.2) is 0 Å². The normalized spacial score (nSPS) is 11.1. The van der Waals surface area contributed by atoms with Gasteiger partial charge in [-0.05, 0) is 43.3 Å². The third kappa shape index (κ3) is 5.31. The molecule has 0 aliphatic carbocycles. The highest BCUT2D eigenvalue weighted by Crippen LogP contribution is 2.29. The Morgan fingerprint density at radius 1 is 1.06 bits per heavy atom. The molecule has 2 N–H and O–H groups in total. The fraction of sp³-hybridized carbons (Fsp3) is 0.0455. The van der Waals surface area contributed by atoms with Crippen LogP contribution in [0.2, 0.25) is 15.1 Å². The summed E-state index contributed by atoms with van der Waals surface area (Å²) in [5, 5.41) is 11.3. The first-order valence-corrected chi connectivity index (χ1v) is 11.3. The number of amides is 2. The van der Waals surface area contributed by atoms with Gasteiger partial charge in [0, 0.05) is 15.5 Å². The van der Waals surface area contributed by atoms with Gasteiger partial charge in [0.05, 0.1) is 33.0 Å². The van der Waals surface area contributed by atoms with E-state index in [4.69, 9.17) is 34.8 Å². The number of benzene rings is 2. The molecule has 0 radical (unpaired) electrons. The molecule has 0 aliphatic heterocycles. The predicted octanol–water partition coefficient (Wildman–Crippen LogP) is 7.41. The number of hydrogen-bond donors (Lipinski definition) is 2. The first kappa shape index (κ1) is 22.4. The molecular formula is C22H16Cl3N5OS. The fourth-order valence-electron chi connectivity index (χ4n) is 2.78. The Labute approximate surface area is 203 Å². The number of thiophene rings is 1. The summed E-state index contributed by atoms with van der Waals surface area (Å²) < 4.78 is 1.47. The van der Waals surface area contributed by atoms with Gasteiger partial charge in [-0.1, -0.05) is 53.0 Å². The number of aromatic nitrogens is 2. The van der Waals surface area contributed by atoms with Crippen LogP contribution in [0.4, 0.5) is 16.4 Å². The van der Waals surface area contributed by atoms with Crippen LogP contribution in [-0.4, -0.2) is 21.9 Å². The van der Waals surface area contributed by atoms with E-state index in [-0.39, 0.29) is 5.95 Å². The summed E-state index contributed by atoms with van der Waals surface area (Å²) in [4.78, 5) is 19.2. The summed E-state index contributed by atoms with van der Waals surface area (Å²) >= 11 is 19.9. The molecule has 4 aromatic rings. The maximum atomic E-state index is 12.6. The summed E-state index contributed by atoms with van der Waals surface area (Å²) in [5.41, 5.74) is 1.83. The van der Waals surface area contributed by atoms with E-state index >= 15 is 0 Å². The standard InChI is InChI=1S/C22H16Cl3N5OS/c1-13-6-9-20(32-13)19-12-30(26-11-14-7-8-15(23)10-17(14)25)21(27-19)29-22(31)28-18-5-3-2-4-16(18)24/h2-12H,1H3,(H2,27,28,29,31)/b26-11+. The minimum absolute atomic E-state index is 0.233. The van der Waals surface area contributed by atoms with Gasteiger partial charge in [0.2, 0.25) is 5.95 Å². The van der Waals surface area contributed by atoms with E-state index in [9.17, 15) is 4.79 Å². The molecule has 0 aliphatic rings. The lowest BCUT2D eigenvalue weighted by Crippen LogP contribution is -2.21. The average molecular weight is 505 g/mol. The summed E-state index contributed by atoms with van der Waals surface area (Å²) in [6, 6.07) is 15.5. The van der Waals surface area contributed by atoms with Crippen molar-refractivity contribution >= 4 is 70.0 Å². The highest BCUT2D eigenvalue weighted by Gasteiger charge is 2.14. The monoisotopic (exact) mass is 503 g/mol. The Bertz CT molecular complexity index is 1310. The predicted molar refractivity (Wildman–Crippen MR) is 134 cm³/mol. The highest BCUT2D eigenvalue weighted by atomic mass is 35.5. The van der Waals surface area contributed by atoms with Crippen LogP contribution in [0.15, 0.2) is 65.9 Å². The molecule has 0 spiro atoms. The number of anilines is 2. The van der Waals surface area contributed by atoms with Crippen LogP contribution in [0.1, 0.15) is 10.4 Å². The lowest BCUT2D eigenvalue weighted by atomic mass is 10.2. The van der Waals surface area contributed by atoms with Gasteiger partial charge in [-0.15, -0.1) is 11.3 Å². The van der Waals surface area contributed by atoms with Crippen LogP contribution < -0.4 is 10.6 Å². The topological polar surface area (TPSA) is 71.3 Å². The minimum Gasteiger partial charge on any atom is -0.306 e. The first-order chi connectivity index (χ1) is 15.4. The Balaban J connectivity index is 1.63. The maximum absolute atomic E-state index is 12.6. The molecule has 162 valence electrons. The van der Waals surface area contributed by atoms with E-state index in [0.717, 1.165) is 9.75 Å². The largest absolute Gasteiger partial charge is 0.326 e. The Kier molecular flexibility index (Phi) is 6.81. The molecule has 2 aromatic heterocycles. The Hall–Kier alpha value is -2.84. The first-order valence-electron chi connectivity index (χ1n) is 9.37. The molecule has 2 aromatic carbocycles. The number of imidazole rings is 1. The van der Waals surface area contributed by atoms with E-state index in [0.29, 0.717) is 32.0 Å². The zero-order valence-electron chi connectivity index (χ0n) is 16.6.